The first-order valence-electron chi connectivity index (χ1n) is 4.45. The summed E-state index contributed by atoms with van der Waals surface area (Å²) in [4.78, 5) is 10.2. The molecule has 1 N–H and O–H groups in total. The van der Waals surface area contributed by atoms with Gasteiger partial charge in [0.25, 0.3) is 0 Å². The van der Waals surface area contributed by atoms with Crippen molar-refractivity contribution in [3.8, 4) is 0 Å². The highest BCUT2D eigenvalue weighted by Crippen LogP contribution is 2.35. The fraction of sp³-hybridized carbons (Fsp3) is 0.625. The minimum Gasteiger partial charge on any atom is -0.480 e. The molecule has 0 unspecified atom stereocenters. The summed E-state index contributed by atoms with van der Waals surface area (Å²) in [5, 5.41) is 16.0. The number of carboxylic acids is 1. The molecule has 14 heavy (non-hydrogen) atoms. The van der Waals surface area contributed by atoms with Gasteiger partial charge in [0, 0.05) is 6.04 Å². The lowest BCUT2D eigenvalue weighted by Crippen LogP contribution is -2.09. The summed E-state index contributed by atoms with van der Waals surface area (Å²) >= 11 is 0. The van der Waals surface area contributed by atoms with Crippen LogP contribution in [0.3, 0.4) is 0 Å². The fourth-order valence-corrected chi connectivity index (χ4v) is 1.26. The number of ether oxygens (including phenoxy) is 1. The average molecular weight is 197 g/mol. The van der Waals surface area contributed by atoms with Crippen LogP contribution in [0.4, 0.5) is 0 Å². The van der Waals surface area contributed by atoms with Crippen molar-refractivity contribution in [2.24, 2.45) is 0 Å². The van der Waals surface area contributed by atoms with Gasteiger partial charge in [0.2, 0.25) is 0 Å². The molecule has 0 aromatic carbocycles. The van der Waals surface area contributed by atoms with Gasteiger partial charge in [-0.1, -0.05) is 0 Å². The van der Waals surface area contributed by atoms with E-state index in [9.17, 15) is 4.79 Å². The van der Waals surface area contributed by atoms with Crippen molar-refractivity contribution in [1.29, 1.82) is 0 Å². The van der Waals surface area contributed by atoms with Crippen LogP contribution in [0, 0.1) is 0 Å². The zero-order valence-corrected chi connectivity index (χ0v) is 7.59. The molecule has 0 amide bonds. The largest absolute Gasteiger partial charge is 0.480 e. The van der Waals surface area contributed by atoms with Crippen LogP contribution in [0.25, 0.3) is 0 Å². The fourth-order valence-electron chi connectivity index (χ4n) is 1.26. The molecule has 0 saturated heterocycles. The Balaban J connectivity index is 1.88. The number of rotatable bonds is 5. The molecule has 0 atom stereocenters. The van der Waals surface area contributed by atoms with Gasteiger partial charge in [-0.25, -0.2) is 4.79 Å². The average Bonchev–Trinajstić information content (AvgIpc) is 2.87. The van der Waals surface area contributed by atoms with Gasteiger partial charge in [-0.15, -0.1) is 10.2 Å². The van der Waals surface area contributed by atoms with Crippen molar-refractivity contribution in [3.05, 3.63) is 12.2 Å². The maximum absolute atomic E-state index is 10.2. The first kappa shape index (κ1) is 9.14. The standard InChI is InChI=1S/C8H11N3O3/c12-8(13)4-14-3-7-10-9-5-11(7)6-1-2-6/h5-6H,1-4H2,(H,12,13). The summed E-state index contributed by atoms with van der Waals surface area (Å²) in [6.07, 6.45) is 3.95. The van der Waals surface area contributed by atoms with E-state index in [1.54, 1.807) is 6.33 Å². The van der Waals surface area contributed by atoms with Crippen molar-refractivity contribution in [2.45, 2.75) is 25.5 Å². The monoisotopic (exact) mass is 197 g/mol. The zero-order valence-electron chi connectivity index (χ0n) is 7.59. The van der Waals surface area contributed by atoms with Crippen molar-refractivity contribution >= 4 is 5.97 Å². The van der Waals surface area contributed by atoms with Gasteiger partial charge in [-0.3, -0.25) is 0 Å². The molecule has 0 radical (unpaired) electrons. The van der Waals surface area contributed by atoms with Crippen molar-refractivity contribution in [3.63, 3.8) is 0 Å². The molecule has 6 heteroatoms. The number of nitrogens with zero attached hydrogens (tertiary/aromatic N) is 3. The van der Waals surface area contributed by atoms with E-state index in [4.69, 9.17) is 9.84 Å². The van der Waals surface area contributed by atoms with Gasteiger partial charge < -0.3 is 14.4 Å². The van der Waals surface area contributed by atoms with Crippen molar-refractivity contribution in [2.75, 3.05) is 6.61 Å². The Bertz CT molecular complexity index is 332. The van der Waals surface area contributed by atoms with Crippen LogP contribution in [0.2, 0.25) is 0 Å². The van der Waals surface area contributed by atoms with Gasteiger partial charge in [0.15, 0.2) is 5.82 Å². The van der Waals surface area contributed by atoms with Gasteiger partial charge in [0.1, 0.15) is 19.5 Å². The smallest absolute Gasteiger partial charge is 0.329 e. The van der Waals surface area contributed by atoms with E-state index < -0.39 is 5.97 Å². The highest BCUT2D eigenvalue weighted by Gasteiger charge is 2.25. The first-order valence-corrected chi connectivity index (χ1v) is 4.45. The molecule has 1 heterocycles. The van der Waals surface area contributed by atoms with Crippen LogP contribution in [0.1, 0.15) is 24.7 Å². The van der Waals surface area contributed by atoms with Gasteiger partial charge in [0.05, 0.1) is 0 Å². The third kappa shape index (κ3) is 2.08. The summed E-state index contributed by atoms with van der Waals surface area (Å²) in [7, 11) is 0. The molecule has 1 saturated carbocycles. The molecule has 6 nitrogen and oxygen atoms in total. The van der Waals surface area contributed by atoms with Crippen LogP contribution >= 0.6 is 0 Å². The number of hydrogen-bond acceptors (Lipinski definition) is 4. The predicted molar refractivity (Wildman–Crippen MR) is 45.6 cm³/mol. The minimum atomic E-state index is -0.970. The normalized spacial score (nSPS) is 15.7. The van der Waals surface area contributed by atoms with Gasteiger partial charge >= 0.3 is 5.97 Å². The maximum atomic E-state index is 10.2. The SMILES string of the molecule is O=C(O)COCc1nncn1C1CC1. The van der Waals surface area contributed by atoms with Gasteiger partial charge in [-0.05, 0) is 12.8 Å². The molecular formula is C8H11N3O3. The number of carbonyl (C=O) groups is 1. The third-order valence-electron chi connectivity index (χ3n) is 2.04. The Labute approximate surface area is 80.5 Å². The summed E-state index contributed by atoms with van der Waals surface area (Å²) in [5.41, 5.74) is 0. The Hall–Kier alpha value is -1.43. The third-order valence-corrected chi connectivity index (χ3v) is 2.04. The lowest BCUT2D eigenvalue weighted by atomic mass is 10.5. The van der Waals surface area contributed by atoms with Crippen LogP contribution in [0.15, 0.2) is 6.33 Å². The Morgan fingerprint density at radius 3 is 3.14 bits per heavy atom. The summed E-state index contributed by atoms with van der Waals surface area (Å²) in [5.74, 6) is -0.267. The van der Waals surface area contributed by atoms with E-state index in [0.717, 1.165) is 12.8 Å². The Kier molecular flexibility index (Phi) is 2.45. The second kappa shape index (κ2) is 3.75. The molecular weight excluding hydrogens is 186 g/mol. The minimum absolute atomic E-state index is 0.211. The predicted octanol–water partition coefficient (Wildman–Crippen LogP) is 0.214. The molecule has 0 bridgehead atoms. The first-order chi connectivity index (χ1) is 6.77. The summed E-state index contributed by atoms with van der Waals surface area (Å²) in [6.45, 7) is -0.0830. The van der Waals surface area contributed by atoms with E-state index in [-0.39, 0.29) is 13.2 Å². The number of aromatic nitrogens is 3. The van der Waals surface area contributed by atoms with E-state index in [2.05, 4.69) is 10.2 Å². The molecule has 1 aromatic heterocycles. The molecule has 0 spiro atoms. The number of aliphatic carboxylic acids is 1. The molecule has 1 aliphatic rings. The van der Waals surface area contributed by atoms with E-state index in [0.29, 0.717) is 11.9 Å². The van der Waals surface area contributed by atoms with Crippen molar-refractivity contribution < 1.29 is 14.6 Å². The van der Waals surface area contributed by atoms with Crippen LogP contribution < -0.4 is 0 Å². The van der Waals surface area contributed by atoms with Crippen LogP contribution in [-0.2, 0) is 16.1 Å². The second-order valence-electron chi connectivity index (χ2n) is 3.27. The molecule has 1 aromatic rings. The Morgan fingerprint density at radius 1 is 1.71 bits per heavy atom. The molecule has 1 fully saturated rings. The molecule has 76 valence electrons. The van der Waals surface area contributed by atoms with Gasteiger partial charge in [-0.2, -0.15) is 0 Å². The lowest BCUT2D eigenvalue weighted by molar-refractivity contribution is -0.142. The molecule has 2 rings (SSSR count). The zero-order chi connectivity index (χ0) is 9.97. The Morgan fingerprint density at radius 2 is 2.50 bits per heavy atom. The maximum Gasteiger partial charge on any atom is 0.329 e. The molecule has 1 aliphatic carbocycles. The van der Waals surface area contributed by atoms with E-state index in [1.807, 2.05) is 4.57 Å². The second-order valence-corrected chi connectivity index (χ2v) is 3.27. The van der Waals surface area contributed by atoms with Crippen LogP contribution in [-0.4, -0.2) is 32.4 Å². The summed E-state index contributed by atoms with van der Waals surface area (Å²) < 4.78 is 6.88. The quantitative estimate of drug-likeness (QED) is 0.730. The topological polar surface area (TPSA) is 77.2 Å². The number of hydrogen-bond donors (Lipinski definition) is 1. The highest BCUT2D eigenvalue weighted by atomic mass is 16.5. The summed E-state index contributed by atoms with van der Waals surface area (Å²) in [6, 6.07) is 0.494. The van der Waals surface area contributed by atoms with E-state index >= 15 is 0 Å². The van der Waals surface area contributed by atoms with Crippen LogP contribution in [0.5, 0.6) is 0 Å². The number of carboxylic acid groups (broad SMARTS) is 1. The highest BCUT2D eigenvalue weighted by molar-refractivity contribution is 5.67. The van der Waals surface area contributed by atoms with E-state index in [1.165, 1.54) is 0 Å². The van der Waals surface area contributed by atoms with Crippen molar-refractivity contribution in [1.82, 2.24) is 14.8 Å². The molecule has 0 aliphatic heterocycles. The lowest BCUT2D eigenvalue weighted by Gasteiger charge is -2.03.